The van der Waals surface area contributed by atoms with Crippen LogP contribution in [0, 0.1) is 12.7 Å². The molecule has 190 valence electrons. The molecule has 0 aliphatic carbocycles. The third kappa shape index (κ3) is 6.49. The van der Waals surface area contributed by atoms with E-state index >= 15 is 0 Å². The van der Waals surface area contributed by atoms with Crippen molar-refractivity contribution in [3.8, 4) is 11.3 Å². The van der Waals surface area contributed by atoms with E-state index in [0.717, 1.165) is 65.8 Å². The van der Waals surface area contributed by atoms with Crippen molar-refractivity contribution in [2.75, 3.05) is 38.5 Å². The molecule has 3 aromatic carbocycles. The van der Waals surface area contributed by atoms with Crippen LogP contribution in [0.25, 0.3) is 11.3 Å². The lowest BCUT2D eigenvalue weighted by Crippen LogP contribution is -2.43. The molecule has 0 spiro atoms. The Morgan fingerprint density at radius 2 is 1.73 bits per heavy atom. The third-order valence-corrected chi connectivity index (χ3v) is 7.71. The average molecular weight is 515 g/mol. The van der Waals surface area contributed by atoms with E-state index in [4.69, 9.17) is 4.98 Å². The van der Waals surface area contributed by atoms with Gasteiger partial charge in [-0.05, 0) is 79.2 Å². The van der Waals surface area contributed by atoms with Crippen LogP contribution in [0.2, 0.25) is 0 Å². The van der Waals surface area contributed by atoms with Crippen molar-refractivity contribution in [3.63, 3.8) is 0 Å². The monoisotopic (exact) mass is 514 g/mol. The second kappa shape index (κ2) is 11.3. The summed E-state index contributed by atoms with van der Waals surface area (Å²) in [6.45, 7) is 7.31. The fourth-order valence-electron chi connectivity index (χ4n) is 4.48. The van der Waals surface area contributed by atoms with E-state index in [1.807, 2.05) is 35.7 Å². The minimum Gasteiger partial charge on any atom is -0.322 e. The van der Waals surface area contributed by atoms with Gasteiger partial charge < -0.3 is 10.2 Å². The molecule has 7 heteroatoms. The number of amides is 1. The Balaban J connectivity index is 1.21. The van der Waals surface area contributed by atoms with Crippen molar-refractivity contribution < 1.29 is 9.18 Å². The third-order valence-electron chi connectivity index (χ3n) is 6.86. The highest BCUT2D eigenvalue weighted by molar-refractivity contribution is 7.10. The Morgan fingerprint density at radius 3 is 2.46 bits per heavy atom. The van der Waals surface area contributed by atoms with Crippen LogP contribution in [0.4, 0.5) is 10.1 Å². The molecule has 1 saturated heterocycles. The van der Waals surface area contributed by atoms with Crippen molar-refractivity contribution in [2.24, 2.45) is 0 Å². The Hall–Kier alpha value is -3.39. The number of halogens is 1. The Labute approximate surface area is 221 Å². The van der Waals surface area contributed by atoms with Crippen LogP contribution in [0.15, 0.2) is 72.1 Å². The van der Waals surface area contributed by atoms with E-state index < -0.39 is 0 Å². The van der Waals surface area contributed by atoms with Crippen molar-refractivity contribution >= 4 is 22.9 Å². The molecule has 0 saturated carbocycles. The number of benzene rings is 3. The summed E-state index contributed by atoms with van der Waals surface area (Å²) in [6, 6.07) is 20.3. The molecule has 37 heavy (non-hydrogen) atoms. The second-order valence-corrected chi connectivity index (χ2v) is 10.6. The molecule has 0 atom stereocenters. The van der Waals surface area contributed by atoms with Crippen LogP contribution < -0.4 is 5.32 Å². The molecule has 1 aromatic heterocycles. The summed E-state index contributed by atoms with van der Waals surface area (Å²) in [6.07, 6.45) is 0.669. The van der Waals surface area contributed by atoms with E-state index in [1.54, 1.807) is 23.5 Å². The molecule has 1 amide bonds. The first-order valence-electron chi connectivity index (χ1n) is 12.5. The lowest BCUT2D eigenvalue weighted by molar-refractivity contribution is 0.102. The zero-order valence-corrected chi connectivity index (χ0v) is 22.0. The number of nitrogens with one attached hydrogen (secondary N) is 1. The number of aromatic nitrogens is 1. The van der Waals surface area contributed by atoms with Crippen molar-refractivity contribution in [1.82, 2.24) is 14.8 Å². The number of hydrogen-bond acceptors (Lipinski definition) is 5. The van der Waals surface area contributed by atoms with Gasteiger partial charge in [-0.3, -0.25) is 9.69 Å². The first-order valence-corrected chi connectivity index (χ1v) is 13.4. The normalized spacial score (nSPS) is 14.6. The fraction of sp³-hybridized carbons (Fsp3) is 0.267. The number of rotatable bonds is 7. The minimum absolute atomic E-state index is 0.117. The molecular weight excluding hydrogens is 483 g/mol. The molecule has 1 aliphatic heterocycles. The zero-order chi connectivity index (χ0) is 25.8. The predicted octanol–water partition coefficient (Wildman–Crippen LogP) is 5.85. The Kier molecular flexibility index (Phi) is 7.74. The van der Waals surface area contributed by atoms with Gasteiger partial charge in [0.2, 0.25) is 0 Å². The number of carbonyl (C=O) groups excluding carboxylic acids is 1. The predicted molar refractivity (Wildman–Crippen MR) is 149 cm³/mol. The first kappa shape index (κ1) is 25.3. The smallest absolute Gasteiger partial charge is 0.255 e. The van der Waals surface area contributed by atoms with Gasteiger partial charge >= 0.3 is 0 Å². The van der Waals surface area contributed by atoms with Crippen LogP contribution in [0.3, 0.4) is 0 Å². The number of likely N-dealkylation sites (N-methyl/N-ethyl adjacent to an activating group) is 1. The average Bonchev–Trinajstić information content (AvgIpc) is 3.37. The highest BCUT2D eigenvalue weighted by Gasteiger charge is 2.15. The molecular formula is C30H31FN4OS. The molecule has 4 aromatic rings. The fourth-order valence-corrected chi connectivity index (χ4v) is 5.30. The van der Waals surface area contributed by atoms with Gasteiger partial charge in [-0.25, -0.2) is 9.37 Å². The van der Waals surface area contributed by atoms with Gasteiger partial charge in [-0.2, -0.15) is 0 Å². The zero-order valence-electron chi connectivity index (χ0n) is 21.2. The second-order valence-electron chi connectivity index (χ2n) is 9.68. The Bertz CT molecular complexity index is 1360. The van der Waals surface area contributed by atoms with E-state index in [9.17, 15) is 9.18 Å². The summed E-state index contributed by atoms with van der Waals surface area (Å²) >= 11 is 1.58. The van der Waals surface area contributed by atoms with Crippen LogP contribution in [-0.4, -0.2) is 53.9 Å². The number of piperazine rings is 1. The van der Waals surface area contributed by atoms with Gasteiger partial charge in [0.1, 0.15) is 5.82 Å². The minimum atomic E-state index is -0.254. The van der Waals surface area contributed by atoms with Gasteiger partial charge in [-0.1, -0.05) is 18.2 Å². The Morgan fingerprint density at radius 1 is 1.00 bits per heavy atom. The molecule has 0 unspecified atom stereocenters. The van der Waals surface area contributed by atoms with E-state index in [2.05, 4.69) is 41.2 Å². The lowest BCUT2D eigenvalue weighted by atomic mass is 10.0. The largest absolute Gasteiger partial charge is 0.322 e. The maximum Gasteiger partial charge on any atom is 0.255 e. The maximum atomic E-state index is 13.2. The molecule has 0 bridgehead atoms. The summed E-state index contributed by atoms with van der Waals surface area (Å²) in [4.78, 5) is 22.5. The summed E-state index contributed by atoms with van der Waals surface area (Å²) in [5, 5.41) is 6.02. The quantitative estimate of drug-likeness (QED) is 0.336. The van der Waals surface area contributed by atoms with Crippen LogP contribution in [0.1, 0.15) is 32.1 Å². The van der Waals surface area contributed by atoms with Gasteiger partial charge in [0.15, 0.2) is 0 Å². The number of carbonyl (C=O) groups is 1. The molecule has 1 N–H and O–H groups in total. The van der Waals surface area contributed by atoms with Gasteiger partial charge in [0.05, 0.1) is 10.7 Å². The summed E-state index contributed by atoms with van der Waals surface area (Å²) in [7, 11) is 2.16. The first-order chi connectivity index (χ1) is 17.9. The molecule has 5 nitrogen and oxygen atoms in total. The number of nitrogens with zero attached hydrogens (tertiary/aromatic N) is 3. The standard InChI is InChI=1S/C30H31FN4OS/c1-21-3-12-27(17-25(21)18-29-33-28(20-37-29)23-8-10-26(31)11-9-23)32-30(36)24-6-4-22(5-7-24)19-35-15-13-34(2)14-16-35/h3-12,17,20H,13-16,18-19H2,1-2H3,(H,32,36). The molecule has 2 heterocycles. The van der Waals surface area contributed by atoms with Gasteiger partial charge in [-0.15, -0.1) is 11.3 Å². The highest BCUT2D eigenvalue weighted by atomic mass is 32.1. The SMILES string of the molecule is Cc1ccc(NC(=O)c2ccc(CN3CCN(C)CC3)cc2)cc1Cc1nc(-c2ccc(F)cc2)cs1. The molecule has 5 rings (SSSR count). The molecule has 1 fully saturated rings. The van der Waals surface area contributed by atoms with Crippen molar-refractivity contribution in [2.45, 2.75) is 19.9 Å². The van der Waals surface area contributed by atoms with Crippen LogP contribution in [0.5, 0.6) is 0 Å². The van der Waals surface area contributed by atoms with Crippen molar-refractivity contribution in [3.05, 3.63) is 105 Å². The number of aryl methyl sites for hydroxylation is 1. The topological polar surface area (TPSA) is 48.5 Å². The van der Waals surface area contributed by atoms with Crippen LogP contribution in [-0.2, 0) is 13.0 Å². The van der Waals surface area contributed by atoms with Crippen molar-refractivity contribution in [1.29, 1.82) is 0 Å². The van der Waals surface area contributed by atoms with E-state index in [-0.39, 0.29) is 11.7 Å². The summed E-state index contributed by atoms with van der Waals surface area (Å²) < 4.78 is 13.2. The molecule has 1 aliphatic rings. The van der Waals surface area contributed by atoms with Gasteiger partial charge in [0.25, 0.3) is 5.91 Å². The maximum absolute atomic E-state index is 13.2. The van der Waals surface area contributed by atoms with E-state index in [0.29, 0.717) is 12.0 Å². The molecule has 0 radical (unpaired) electrons. The van der Waals surface area contributed by atoms with Crippen LogP contribution >= 0.6 is 11.3 Å². The summed E-state index contributed by atoms with van der Waals surface area (Å²) in [5.41, 5.74) is 6.64. The number of hydrogen-bond donors (Lipinski definition) is 1. The number of thiazole rings is 1. The van der Waals surface area contributed by atoms with Gasteiger partial charge in [0, 0.05) is 61.3 Å². The lowest BCUT2D eigenvalue weighted by Gasteiger charge is -2.32. The number of anilines is 1. The highest BCUT2D eigenvalue weighted by Crippen LogP contribution is 2.26. The van der Waals surface area contributed by atoms with E-state index in [1.165, 1.54) is 17.7 Å². The summed E-state index contributed by atoms with van der Waals surface area (Å²) in [5.74, 6) is -0.371.